The zero-order valence-corrected chi connectivity index (χ0v) is 10.3. The fourth-order valence-corrected chi connectivity index (χ4v) is 1.58. The summed E-state index contributed by atoms with van der Waals surface area (Å²) in [5.74, 6) is 0. The van der Waals surface area contributed by atoms with Crippen LogP contribution < -0.4 is 5.32 Å². The van der Waals surface area contributed by atoms with Crippen LogP contribution >= 0.6 is 11.6 Å². The Morgan fingerprint density at radius 3 is 2.71 bits per heavy atom. The van der Waals surface area contributed by atoms with Gasteiger partial charge in [0.05, 0.1) is 16.7 Å². The Morgan fingerprint density at radius 2 is 2.24 bits per heavy atom. The van der Waals surface area contributed by atoms with E-state index in [1.54, 1.807) is 19.1 Å². The van der Waals surface area contributed by atoms with Crippen molar-refractivity contribution in [1.29, 1.82) is 5.26 Å². The van der Waals surface area contributed by atoms with E-state index in [1.165, 1.54) is 6.92 Å². The number of rotatable bonds is 4. The molecule has 0 aliphatic heterocycles. The van der Waals surface area contributed by atoms with Gasteiger partial charge in [0.25, 0.3) is 0 Å². The van der Waals surface area contributed by atoms with Gasteiger partial charge in [0.2, 0.25) is 0 Å². The van der Waals surface area contributed by atoms with Gasteiger partial charge in [0, 0.05) is 5.69 Å². The summed E-state index contributed by atoms with van der Waals surface area (Å²) in [6, 6.07) is 4.51. The summed E-state index contributed by atoms with van der Waals surface area (Å²) >= 11 is 5.99. The maximum atomic E-state index is 10.8. The van der Waals surface area contributed by atoms with E-state index in [0.29, 0.717) is 28.1 Å². The predicted octanol–water partition coefficient (Wildman–Crippen LogP) is 1.88. The molecule has 0 amide bonds. The Morgan fingerprint density at radius 1 is 1.59 bits per heavy atom. The Labute approximate surface area is 105 Å². The summed E-state index contributed by atoms with van der Waals surface area (Å²) in [6.07, 6.45) is -0.169. The quantitative estimate of drug-likeness (QED) is 0.803. The van der Waals surface area contributed by atoms with E-state index in [4.69, 9.17) is 16.9 Å². The molecular weight excluding hydrogens is 240 g/mol. The van der Waals surface area contributed by atoms with Gasteiger partial charge in [-0.15, -0.1) is 0 Å². The number of hydrogen-bond acceptors (Lipinski definition) is 4. The average Bonchev–Trinajstić information content (AvgIpc) is 2.30. The van der Waals surface area contributed by atoms with Crippen molar-refractivity contribution in [2.24, 2.45) is 0 Å². The zero-order valence-electron chi connectivity index (χ0n) is 9.57. The van der Waals surface area contributed by atoms with Crippen LogP contribution in [0.25, 0.3) is 0 Å². The van der Waals surface area contributed by atoms with Crippen molar-refractivity contribution in [3.8, 4) is 6.07 Å². The van der Waals surface area contributed by atoms with Gasteiger partial charge in [0.1, 0.15) is 18.4 Å². The minimum atomic E-state index is -0.804. The summed E-state index contributed by atoms with van der Waals surface area (Å²) in [5.41, 5.74) is 1.69. The monoisotopic (exact) mass is 252 g/mol. The second-order valence-electron chi connectivity index (χ2n) is 3.76. The first-order valence-electron chi connectivity index (χ1n) is 5.10. The molecule has 4 nitrogen and oxygen atoms in total. The second kappa shape index (κ2) is 5.67. The third kappa shape index (κ3) is 2.96. The van der Waals surface area contributed by atoms with E-state index in [1.807, 2.05) is 6.07 Å². The van der Waals surface area contributed by atoms with Crippen LogP contribution in [0.4, 0.5) is 5.69 Å². The van der Waals surface area contributed by atoms with Gasteiger partial charge in [-0.3, -0.25) is 0 Å². The number of aldehydes is 1. The number of carbonyl (C=O) groups is 1. The molecule has 0 bridgehead atoms. The molecule has 0 aliphatic carbocycles. The van der Waals surface area contributed by atoms with Crippen molar-refractivity contribution in [2.45, 2.75) is 26.0 Å². The van der Waals surface area contributed by atoms with Gasteiger partial charge < -0.3 is 15.2 Å². The van der Waals surface area contributed by atoms with E-state index in [9.17, 15) is 9.90 Å². The standard InChI is InChI=1S/C12H13ClN2O2/c1-7-10(15-11(6-16)8(2)17)4-3-9(5-14)12(7)13/h3-4,6,8,11,15,17H,1-2H3/t8-,11-/m0/s1. The molecule has 5 heteroatoms. The molecule has 2 atom stereocenters. The minimum Gasteiger partial charge on any atom is -0.391 e. The summed E-state index contributed by atoms with van der Waals surface area (Å²) < 4.78 is 0. The number of nitrogens with zero attached hydrogens (tertiary/aromatic N) is 1. The van der Waals surface area contributed by atoms with E-state index >= 15 is 0 Å². The van der Waals surface area contributed by atoms with Crippen LogP contribution in [0, 0.1) is 18.3 Å². The van der Waals surface area contributed by atoms with Crippen molar-refractivity contribution >= 4 is 23.6 Å². The van der Waals surface area contributed by atoms with Crippen molar-refractivity contribution < 1.29 is 9.90 Å². The molecule has 0 saturated heterocycles. The maximum absolute atomic E-state index is 10.8. The van der Waals surface area contributed by atoms with Gasteiger partial charge in [-0.2, -0.15) is 5.26 Å². The molecule has 0 spiro atoms. The predicted molar refractivity (Wildman–Crippen MR) is 66.1 cm³/mol. The lowest BCUT2D eigenvalue weighted by molar-refractivity contribution is -0.110. The SMILES string of the molecule is Cc1c(N[C@@H](C=O)[C@H](C)O)ccc(C#N)c1Cl. The third-order valence-corrected chi connectivity index (χ3v) is 2.98. The molecule has 0 saturated carbocycles. The number of benzene rings is 1. The Kier molecular flexibility index (Phi) is 4.50. The van der Waals surface area contributed by atoms with Gasteiger partial charge in [-0.1, -0.05) is 11.6 Å². The van der Waals surface area contributed by atoms with Crippen LogP contribution in [0.3, 0.4) is 0 Å². The molecule has 0 fully saturated rings. The van der Waals surface area contributed by atoms with E-state index < -0.39 is 12.1 Å². The number of nitrogens with one attached hydrogen (secondary N) is 1. The maximum Gasteiger partial charge on any atom is 0.144 e. The van der Waals surface area contributed by atoms with Crippen LogP contribution in [0.1, 0.15) is 18.1 Å². The smallest absolute Gasteiger partial charge is 0.144 e. The molecule has 17 heavy (non-hydrogen) atoms. The molecule has 0 radical (unpaired) electrons. The van der Waals surface area contributed by atoms with Crippen molar-refractivity contribution in [3.63, 3.8) is 0 Å². The first-order valence-corrected chi connectivity index (χ1v) is 5.48. The van der Waals surface area contributed by atoms with E-state index in [0.717, 1.165) is 0 Å². The van der Waals surface area contributed by atoms with Gasteiger partial charge in [0.15, 0.2) is 0 Å². The number of nitriles is 1. The topological polar surface area (TPSA) is 73.1 Å². The Hall–Kier alpha value is -1.57. The summed E-state index contributed by atoms with van der Waals surface area (Å²) in [4.78, 5) is 10.8. The fourth-order valence-electron chi connectivity index (χ4n) is 1.38. The largest absolute Gasteiger partial charge is 0.391 e. The van der Waals surface area contributed by atoms with E-state index in [-0.39, 0.29) is 0 Å². The highest BCUT2D eigenvalue weighted by atomic mass is 35.5. The van der Waals surface area contributed by atoms with Crippen LogP contribution in [-0.2, 0) is 4.79 Å². The molecule has 90 valence electrons. The van der Waals surface area contributed by atoms with Crippen molar-refractivity contribution in [1.82, 2.24) is 0 Å². The Balaban J connectivity index is 3.05. The van der Waals surface area contributed by atoms with Gasteiger partial charge in [-0.25, -0.2) is 0 Å². The molecule has 1 rings (SSSR count). The first kappa shape index (κ1) is 13.5. The second-order valence-corrected chi connectivity index (χ2v) is 4.14. The third-order valence-electron chi connectivity index (χ3n) is 2.50. The van der Waals surface area contributed by atoms with Crippen LogP contribution in [-0.4, -0.2) is 23.5 Å². The number of halogens is 1. The zero-order chi connectivity index (χ0) is 13.0. The normalized spacial score (nSPS) is 13.6. The molecule has 0 heterocycles. The number of aliphatic hydroxyl groups excluding tert-OH is 1. The fraction of sp³-hybridized carbons (Fsp3) is 0.333. The lowest BCUT2D eigenvalue weighted by atomic mass is 10.1. The van der Waals surface area contributed by atoms with Crippen LogP contribution in [0.2, 0.25) is 5.02 Å². The number of hydrogen-bond donors (Lipinski definition) is 2. The average molecular weight is 253 g/mol. The van der Waals surface area contributed by atoms with Gasteiger partial charge in [-0.05, 0) is 31.5 Å². The van der Waals surface area contributed by atoms with Gasteiger partial charge >= 0.3 is 0 Å². The molecule has 0 unspecified atom stereocenters. The van der Waals surface area contributed by atoms with Crippen LogP contribution in [0.15, 0.2) is 12.1 Å². The molecule has 2 N–H and O–H groups in total. The lowest BCUT2D eigenvalue weighted by Gasteiger charge is -2.19. The molecule has 0 aromatic heterocycles. The molecule has 0 aliphatic rings. The first-order chi connectivity index (χ1) is 8.01. The highest BCUT2D eigenvalue weighted by Crippen LogP contribution is 2.27. The lowest BCUT2D eigenvalue weighted by Crippen LogP contribution is -2.33. The van der Waals surface area contributed by atoms with Crippen LogP contribution in [0.5, 0.6) is 0 Å². The molecule has 1 aromatic carbocycles. The number of anilines is 1. The van der Waals surface area contributed by atoms with Crippen molar-refractivity contribution in [2.75, 3.05) is 5.32 Å². The summed E-state index contributed by atoms with van der Waals surface area (Å²) in [6.45, 7) is 3.27. The molecule has 1 aromatic rings. The highest BCUT2D eigenvalue weighted by molar-refractivity contribution is 6.32. The summed E-state index contributed by atoms with van der Waals surface area (Å²) in [7, 11) is 0. The minimum absolute atomic E-state index is 0.354. The van der Waals surface area contributed by atoms with Crippen molar-refractivity contribution in [3.05, 3.63) is 28.3 Å². The molecular formula is C12H13ClN2O2. The summed E-state index contributed by atoms with van der Waals surface area (Å²) in [5, 5.41) is 21.4. The Bertz CT molecular complexity index is 466. The number of aliphatic hydroxyl groups is 1. The van der Waals surface area contributed by atoms with E-state index in [2.05, 4.69) is 5.32 Å². The number of carbonyl (C=O) groups excluding carboxylic acids is 1. The highest BCUT2D eigenvalue weighted by Gasteiger charge is 2.16.